The highest BCUT2D eigenvalue weighted by molar-refractivity contribution is 7.89. The Labute approximate surface area is 211 Å². The average molecular weight is 536 g/mol. The molecule has 35 heavy (non-hydrogen) atoms. The molecule has 186 valence electrons. The van der Waals surface area contributed by atoms with Crippen molar-refractivity contribution in [3.8, 4) is 0 Å². The summed E-state index contributed by atoms with van der Waals surface area (Å²) in [6.07, 6.45) is 0.138. The summed E-state index contributed by atoms with van der Waals surface area (Å²) >= 11 is 5.86. The van der Waals surface area contributed by atoms with Gasteiger partial charge in [-0.3, -0.25) is 4.79 Å². The van der Waals surface area contributed by atoms with Gasteiger partial charge >= 0.3 is 0 Å². The second-order valence-electron chi connectivity index (χ2n) is 7.97. The molecule has 0 aromatic heterocycles. The normalized spacial score (nSPS) is 12.9. The van der Waals surface area contributed by atoms with Gasteiger partial charge in [0.2, 0.25) is 26.0 Å². The molecule has 3 aromatic rings. The summed E-state index contributed by atoms with van der Waals surface area (Å²) < 4.78 is 53.9. The van der Waals surface area contributed by atoms with Gasteiger partial charge in [-0.25, -0.2) is 21.1 Å². The zero-order valence-corrected chi connectivity index (χ0v) is 21.6. The van der Waals surface area contributed by atoms with Crippen LogP contribution in [-0.2, 0) is 37.8 Å². The van der Waals surface area contributed by atoms with Crippen molar-refractivity contribution in [3.63, 3.8) is 0 Å². The highest BCUT2D eigenvalue weighted by Gasteiger charge is 2.26. The van der Waals surface area contributed by atoms with Crippen LogP contribution >= 0.6 is 11.6 Å². The van der Waals surface area contributed by atoms with E-state index in [0.717, 1.165) is 9.87 Å². The molecule has 0 radical (unpaired) electrons. The molecule has 3 aromatic carbocycles. The van der Waals surface area contributed by atoms with Crippen LogP contribution in [0.2, 0.25) is 5.02 Å². The molecule has 1 atom stereocenters. The Morgan fingerprint density at radius 2 is 1.40 bits per heavy atom. The second kappa shape index (κ2) is 11.3. The van der Waals surface area contributed by atoms with Gasteiger partial charge in [-0.15, -0.1) is 0 Å². The molecule has 8 nitrogen and oxygen atoms in total. The predicted molar refractivity (Wildman–Crippen MR) is 135 cm³/mol. The number of carbonyl (C=O) groups excluding carboxylic acids is 1. The van der Waals surface area contributed by atoms with E-state index in [2.05, 4.69) is 10.0 Å². The summed E-state index contributed by atoms with van der Waals surface area (Å²) in [4.78, 5) is 13.2. The van der Waals surface area contributed by atoms with Crippen LogP contribution in [0, 0.1) is 0 Å². The first-order valence-corrected chi connectivity index (χ1v) is 13.9. The summed E-state index contributed by atoms with van der Waals surface area (Å²) in [5, 5.41) is 3.13. The highest BCUT2D eigenvalue weighted by Crippen LogP contribution is 2.16. The fourth-order valence-corrected chi connectivity index (χ4v) is 5.43. The summed E-state index contributed by atoms with van der Waals surface area (Å²) in [5.74, 6) is -0.517. The van der Waals surface area contributed by atoms with Crippen molar-refractivity contribution in [1.82, 2.24) is 14.3 Å². The molecule has 1 unspecified atom stereocenters. The van der Waals surface area contributed by atoms with Gasteiger partial charge in [0.05, 0.1) is 9.79 Å². The molecular formula is C24H26ClN3O5S2. The number of nitrogens with zero attached hydrogens (tertiary/aromatic N) is 1. The monoisotopic (exact) mass is 535 g/mol. The molecule has 0 aliphatic heterocycles. The third kappa shape index (κ3) is 7.12. The zero-order valence-electron chi connectivity index (χ0n) is 19.2. The Morgan fingerprint density at radius 1 is 0.829 bits per heavy atom. The number of hydrogen-bond acceptors (Lipinski definition) is 5. The molecule has 2 N–H and O–H groups in total. The Kier molecular flexibility index (Phi) is 8.68. The zero-order chi connectivity index (χ0) is 25.6. The van der Waals surface area contributed by atoms with E-state index >= 15 is 0 Å². The van der Waals surface area contributed by atoms with Crippen LogP contribution in [0.3, 0.4) is 0 Å². The van der Waals surface area contributed by atoms with Crippen molar-refractivity contribution in [2.45, 2.75) is 28.8 Å². The van der Waals surface area contributed by atoms with Gasteiger partial charge < -0.3 is 5.32 Å². The van der Waals surface area contributed by atoms with Crippen molar-refractivity contribution < 1.29 is 21.6 Å². The lowest BCUT2D eigenvalue weighted by Crippen LogP contribution is -2.47. The topological polar surface area (TPSA) is 113 Å². The van der Waals surface area contributed by atoms with Gasteiger partial charge in [-0.1, -0.05) is 54.1 Å². The number of hydrogen-bond donors (Lipinski definition) is 2. The van der Waals surface area contributed by atoms with E-state index in [1.54, 1.807) is 36.4 Å². The number of sulfonamides is 2. The summed E-state index contributed by atoms with van der Waals surface area (Å²) in [7, 11) is -4.66. The minimum atomic E-state index is -4.00. The standard InChI is InChI=1S/C24H26ClN3O5S2/c1-28(2)35(32,33)22-12-8-19(9-13-22)17-26-24(29)23(16-18-6-4-3-5-7-18)27-34(30,31)21-14-10-20(25)11-15-21/h3-15,23,27H,16-17H2,1-2H3,(H,26,29). The lowest BCUT2D eigenvalue weighted by molar-refractivity contribution is -0.122. The number of carbonyl (C=O) groups is 1. The lowest BCUT2D eigenvalue weighted by Gasteiger charge is -2.19. The Balaban J connectivity index is 1.76. The first-order valence-electron chi connectivity index (χ1n) is 10.6. The number of rotatable bonds is 10. The van der Waals surface area contributed by atoms with Crippen molar-refractivity contribution in [2.75, 3.05) is 14.1 Å². The van der Waals surface area contributed by atoms with E-state index in [9.17, 15) is 21.6 Å². The summed E-state index contributed by atoms with van der Waals surface area (Å²) in [5.41, 5.74) is 1.44. The van der Waals surface area contributed by atoms with Crippen LogP contribution in [-0.4, -0.2) is 47.2 Å². The van der Waals surface area contributed by atoms with E-state index < -0.39 is 32.0 Å². The first-order chi connectivity index (χ1) is 16.5. The SMILES string of the molecule is CN(C)S(=O)(=O)c1ccc(CNC(=O)C(Cc2ccccc2)NS(=O)(=O)c2ccc(Cl)cc2)cc1. The average Bonchev–Trinajstić information content (AvgIpc) is 2.83. The van der Waals surface area contributed by atoms with Crippen LogP contribution < -0.4 is 10.0 Å². The largest absolute Gasteiger partial charge is 0.351 e. The molecule has 11 heteroatoms. The van der Waals surface area contributed by atoms with Crippen LogP contribution in [0.1, 0.15) is 11.1 Å². The third-order valence-corrected chi connectivity index (χ3v) is 8.76. The fraction of sp³-hybridized carbons (Fsp3) is 0.208. The van der Waals surface area contributed by atoms with Crippen LogP contribution in [0.25, 0.3) is 0 Å². The smallest absolute Gasteiger partial charge is 0.242 e. The van der Waals surface area contributed by atoms with Crippen molar-refractivity contribution in [2.24, 2.45) is 0 Å². The van der Waals surface area contributed by atoms with E-state index in [1.165, 1.54) is 50.5 Å². The van der Waals surface area contributed by atoms with Crippen molar-refractivity contribution >= 4 is 37.6 Å². The minimum Gasteiger partial charge on any atom is -0.351 e. The molecule has 0 aliphatic carbocycles. The van der Waals surface area contributed by atoms with Gasteiger partial charge in [-0.05, 0) is 53.9 Å². The number of amides is 1. The molecule has 0 saturated heterocycles. The molecular weight excluding hydrogens is 510 g/mol. The molecule has 1 amide bonds. The summed E-state index contributed by atoms with van der Waals surface area (Å²) in [6.45, 7) is 0.0923. The van der Waals surface area contributed by atoms with Crippen molar-refractivity contribution in [1.29, 1.82) is 0 Å². The quantitative estimate of drug-likeness (QED) is 0.414. The molecule has 0 bridgehead atoms. The number of halogens is 1. The highest BCUT2D eigenvalue weighted by atomic mass is 35.5. The maximum atomic E-state index is 13.0. The molecule has 0 fully saturated rings. The fourth-order valence-electron chi connectivity index (χ4n) is 3.21. The van der Waals surface area contributed by atoms with Crippen LogP contribution in [0.4, 0.5) is 0 Å². The van der Waals surface area contributed by atoms with Gasteiger partial charge in [0.25, 0.3) is 0 Å². The first kappa shape index (κ1) is 26.8. The van der Waals surface area contributed by atoms with Gasteiger partial charge in [0, 0.05) is 25.7 Å². The van der Waals surface area contributed by atoms with Gasteiger partial charge in [0.15, 0.2) is 0 Å². The lowest BCUT2D eigenvalue weighted by atomic mass is 10.1. The number of benzene rings is 3. The third-order valence-electron chi connectivity index (χ3n) is 5.19. The molecule has 0 spiro atoms. The van der Waals surface area contributed by atoms with Crippen LogP contribution in [0.15, 0.2) is 88.7 Å². The molecule has 3 rings (SSSR count). The molecule has 0 saturated carbocycles. The number of nitrogens with one attached hydrogen (secondary N) is 2. The Hall–Kier alpha value is -2.76. The summed E-state index contributed by atoms with van der Waals surface area (Å²) in [6, 6.07) is 19.7. The van der Waals surface area contributed by atoms with E-state index in [4.69, 9.17) is 11.6 Å². The van der Waals surface area contributed by atoms with Crippen molar-refractivity contribution in [3.05, 3.63) is 95.0 Å². The Morgan fingerprint density at radius 3 is 1.97 bits per heavy atom. The van der Waals surface area contributed by atoms with Crippen LogP contribution in [0.5, 0.6) is 0 Å². The van der Waals surface area contributed by atoms with E-state index in [-0.39, 0.29) is 22.8 Å². The minimum absolute atomic E-state index is 0.00884. The second-order valence-corrected chi connectivity index (χ2v) is 12.3. The maximum Gasteiger partial charge on any atom is 0.242 e. The van der Waals surface area contributed by atoms with Gasteiger partial charge in [-0.2, -0.15) is 4.72 Å². The van der Waals surface area contributed by atoms with Gasteiger partial charge in [0.1, 0.15) is 6.04 Å². The molecule has 0 heterocycles. The predicted octanol–water partition coefficient (Wildman–Crippen LogP) is 2.80. The van der Waals surface area contributed by atoms with E-state index in [0.29, 0.717) is 10.6 Å². The Bertz CT molecular complexity index is 1360. The maximum absolute atomic E-state index is 13.0. The molecule has 0 aliphatic rings. The van der Waals surface area contributed by atoms with E-state index in [1.807, 2.05) is 6.07 Å².